The quantitative estimate of drug-likeness (QED) is 0.163. The monoisotopic (exact) mass is 613 g/mol. The molecule has 2 aromatic carbocycles. The third-order valence-corrected chi connectivity index (χ3v) is 7.98. The number of nitrogens with zero attached hydrogens (tertiary/aromatic N) is 1. The average molecular weight is 614 g/mol. The topological polar surface area (TPSA) is 115 Å². The van der Waals surface area contributed by atoms with Gasteiger partial charge in [-0.2, -0.15) is 0 Å². The van der Waals surface area contributed by atoms with Crippen LogP contribution >= 0.6 is 11.6 Å². The van der Waals surface area contributed by atoms with Crippen molar-refractivity contribution in [1.29, 1.82) is 0 Å². The van der Waals surface area contributed by atoms with E-state index in [1.807, 2.05) is 19.9 Å². The van der Waals surface area contributed by atoms with Crippen LogP contribution in [0.4, 0.5) is 16.2 Å². The number of nitrogens with one attached hydrogen (secondary N) is 2. The molecule has 2 aliphatic heterocycles. The van der Waals surface area contributed by atoms with Crippen LogP contribution in [0, 0.1) is 6.92 Å². The van der Waals surface area contributed by atoms with E-state index in [0.717, 1.165) is 56.8 Å². The molecular weight excluding hydrogens is 574 g/mol. The predicted octanol–water partition coefficient (Wildman–Crippen LogP) is 5.90. The highest BCUT2D eigenvalue weighted by Gasteiger charge is 2.32. The smallest absolute Gasteiger partial charge is 0.341 e. The molecule has 2 aromatic rings. The molecule has 0 radical (unpaired) electrons. The Balaban J connectivity index is 1.38. The van der Waals surface area contributed by atoms with Gasteiger partial charge < -0.3 is 29.6 Å². The van der Waals surface area contributed by atoms with Gasteiger partial charge in [-0.1, -0.05) is 35.4 Å². The summed E-state index contributed by atoms with van der Waals surface area (Å²) in [4.78, 5) is 40.5. The van der Waals surface area contributed by atoms with Crippen LogP contribution in [0.1, 0.15) is 59.7 Å². The van der Waals surface area contributed by atoms with Crippen LogP contribution in [0.25, 0.3) is 0 Å². The lowest BCUT2D eigenvalue weighted by Crippen LogP contribution is -2.36. The Kier molecular flexibility index (Phi) is 11.8. The van der Waals surface area contributed by atoms with E-state index in [0.29, 0.717) is 58.3 Å². The van der Waals surface area contributed by atoms with Crippen molar-refractivity contribution in [2.24, 2.45) is 0 Å². The first-order chi connectivity index (χ1) is 20.8. The van der Waals surface area contributed by atoms with E-state index in [4.69, 9.17) is 30.5 Å². The summed E-state index contributed by atoms with van der Waals surface area (Å²) in [7, 11) is 1.55. The van der Waals surface area contributed by atoms with Crippen molar-refractivity contribution >= 4 is 40.9 Å². The third-order valence-electron chi connectivity index (χ3n) is 7.65. The standard InChI is InChI=1S/C32H40ClN3O7/c1-21(11-13-27(37)42-17-7-6-14-36-15-18-41-19-16-36)10-12-23-29(35-32(39)34-26-9-5-4-8-25(26)33)28-24(20-43-31(28)38)22(2)30(23)40-3/h4-5,8-10H,6-7,11-20H2,1-3H3,(H2,34,35,39)/b21-10+. The second-order valence-corrected chi connectivity index (χ2v) is 11.0. The Morgan fingerprint density at radius 3 is 2.63 bits per heavy atom. The highest BCUT2D eigenvalue weighted by Crippen LogP contribution is 2.41. The first-order valence-corrected chi connectivity index (χ1v) is 15.0. The second-order valence-electron chi connectivity index (χ2n) is 10.6. The number of para-hydroxylation sites is 1. The summed E-state index contributed by atoms with van der Waals surface area (Å²) >= 11 is 6.21. The minimum absolute atomic E-state index is 0.0989. The average Bonchev–Trinajstić information content (AvgIpc) is 3.39. The van der Waals surface area contributed by atoms with Gasteiger partial charge in [-0.05, 0) is 63.8 Å². The molecule has 0 bridgehead atoms. The summed E-state index contributed by atoms with van der Waals surface area (Å²) in [5.74, 6) is -0.180. The molecule has 11 heteroatoms. The van der Waals surface area contributed by atoms with Crippen molar-refractivity contribution in [3.05, 3.63) is 63.2 Å². The Morgan fingerprint density at radius 2 is 1.88 bits per heavy atom. The third kappa shape index (κ3) is 8.72. The van der Waals surface area contributed by atoms with E-state index in [1.54, 1.807) is 31.4 Å². The number of anilines is 2. The molecule has 4 rings (SSSR count). The summed E-state index contributed by atoms with van der Waals surface area (Å²) in [5, 5.41) is 5.96. The molecule has 232 valence electrons. The number of carbonyl (C=O) groups is 3. The lowest BCUT2D eigenvalue weighted by Gasteiger charge is -2.26. The summed E-state index contributed by atoms with van der Waals surface area (Å²) < 4.78 is 21.9. The zero-order valence-corrected chi connectivity index (χ0v) is 25.8. The summed E-state index contributed by atoms with van der Waals surface area (Å²) in [6.45, 7) is 8.79. The molecule has 2 N–H and O–H groups in total. The zero-order valence-electron chi connectivity index (χ0n) is 25.1. The fraction of sp³-hybridized carbons (Fsp3) is 0.469. The van der Waals surface area contributed by atoms with Crippen LogP contribution in [-0.2, 0) is 32.0 Å². The number of rotatable bonds is 13. The normalized spacial score (nSPS) is 15.1. The number of hydrogen-bond acceptors (Lipinski definition) is 8. The van der Waals surface area contributed by atoms with Gasteiger partial charge in [-0.3, -0.25) is 9.69 Å². The molecular formula is C32H40ClN3O7. The maximum atomic E-state index is 13.1. The van der Waals surface area contributed by atoms with Gasteiger partial charge in [-0.15, -0.1) is 0 Å². The SMILES string of the molecule is COc1c(C)c2c(c(NC(=O)Nc3ccccc3Cl)c1C/C=C(\C)CCC(=O)OCCCCN1CCOCC1)C(=O)OC2. The van der Waals surface area contributed by atoms with E-state index in [2.05, 4.69) is 15.5 Å². The molecule has 0 aliphatic carbocycles. The number of cyclic esters (lactones) is 1. The fourth-order valence-electron chi connectivity index (χ4n) is 5.22. The number of hydrogen-bond donors (Lipinski definition) is 2. The number of morpholine rings is 1. The fourth-order valence-corrected chi connectivity index (χ4v) is 5.40. The van der Waals surface area contributed by atoms with Gasteiger partial charge in [0.15, 0.2) is 0 Å². The second kappa shape index (κ2) is 15.7. The molecule has 0 atom stereocenters. The van der Waals surface area contributed by atoms with Crippen LogP contribution in [-0.4, -0.2) is 69.4 Å². The minimum Gasteiger partial charge on any atom is -0.496 e. The molecule has 1 saturated heterocycles. The van der Waals surface area contributed by atoms with Crippen molar-refractivity contribution in [3.63, 3.8) is 0 Å². The van der Waals surface area contributed by atoms with Gasteiger partial charge in [0, 0.05) is 30.6 Å². The molecule has 10 nitrogen and oxygen atoms in total. The van der Waals surface area contributed by atoms with E-state index < -0.39 is 12.0 Å². The lowest BCUT2D eigenvalue weighted by atomic mass is 9.93. The van der Waals surface area contributed by atoms with Crippen LogP contribution in [0.2, 0.25) is 5.02 Å². The van der Waals surface area contributed by atoms with Crippen LogP contribution in [0.15, 0.2) is 35.9 Å². The van der Waals surface area contributed by atoms with Crippen LogP contribution in [0.5, 0.6) is 5.75 Å². The van der Waals surface area contributed by atoms with Crippen molar-refractivity contribution < 1.29 is 33.3 Å². The predicted molar refractivity (Wildman–Crippen MR) is 165 cm³/mol. The Morgan fingerprint density at radius 1 is 1.12 bits per heavy atom. The molecule has 0 unspecified atom stereocenters. The summed E-state index contributed by atoms with van der Waals surface area (Å²) in [6, 6.07) is 6.31. The van der Waals surface area contributed by atoms with Gasteiger partial charge >= 0.3 is 18.0 Å². The number of allylic oxidation sites excluding steroid dienone is 2. The first kappa shape index (κ1) is 32.3. The number of amides is 2. The number of urea groups is 1. The Labute approximate surface area is 257 Å². The van der Waals surface area contributed by atoms with E-state index >= 15 is 0 Å². The summed E-state index contributed by atoms with van der Waals surface area (Å²) in [5.41, 5.74) is 4.12. The van der Waals surface area contributed by atoms with E-state index in [-0.39, 0.29) is 19.0 Å². The largest absolute Gasteiger partial charge is 0.496 e. The number of esters is 2. The van der Waals surface area contributed by atoms with Gasteiger partial charge in [0.1, 0.15) is 12.4 Å². The number of methoxy groups -OCH3 is 1. The van der Waals surface area contributed by atoms with Gasteiger partial charge in [0.05, 0.1) is 48.9 Å². The number of halogens is 1. The number of unbranched alkanes of at least 4 members (excludes halogenated alkanes) is 1. The maximum absolute atomic E-state index is 13.1. The van der Waals surface area contributed by atoms with Crippen molar-refractivity contribution in [2.75, 3.05) is 57.2 Å². The number of benzene rings is 2. The molecule has 43 heavy (non-hydrogen) atoms. The first-order valence-electron chi connectivity index (χ1n) is 14.6. The number of fused-ring (bicyclic) bond motifs is 1. The number of carbonyl (C=O) groups excluding carboxylic acids is 3. The molecule has 2 amide bonds. The summed E-state index contributed by atoms with van der Waals surface area (Å²) in [6.07, 6.45) is 4.93. The molecule has 1 fully saturated rings. The Hall–Kier alpha value is -3.60. The van der Waals surface area contributed by atoms with Crippen molar-refractivity contribution in [2.45, 2.75) is 52.6 Å². The van der Waals surface area contributed by atoms with Crippen molar-refractivity contribution in [1.82, 2.24) is 4.90 Å². The van der Waals surface area contributed by atoms with E-state index in [1.165, 1.54) is 0 Å². The highest BCUT2D eigenvalue weighted by atomic mass is 35.5. The van der Waals surface area contributed by atoms with Crippen LogP contribution < -0.4 is 15.4 Å². The molecule has 0 spiro atoms. The molecule has 0 aromatic heterocycles. The van der Waals surface area contributed by atoms with Crippen LogP contribution in [0.3, 0.4) is 0 Å². The van der Waals surface area contributed by atoms with Crippen molar-refractivity contribution in [3.8, 4) is 5.75 Å². The Bertz CT molecular complexity index is 1350. The molecule has 2 heterocycles. The highest BCUT2D eigenvalue weighted by molar-refractivity contribution is 6.33. The number of ether oxygens (including phenoxy) is 4. The van der Waals surface area contributed by atoms with E-state index in [9.17, 15) is 14.4 Å². The van der Waals surface area contributed by atoms with Gasteiger partial charge in [-0.25, -0.2) is 9.59 Å². The maximum Gasteiger partial charge on any atom is 0.341 e. The zero-order chi connectivity index (χ0) is 30.8. The minimum atomic E-state index is -0.560. The lowest BCUT2D eigenvalue weighted by molar-refractivity contribution is -0.143. The van der Waals surface area contributed by atoms with Gasteiger partial charge in [0.25, 0.3) is 0 Å². The molecule has 2 aliphatic rings. The van der Waals surface area contributed by atoms with Gasteiger partial charge in [0.2, 0.25) is 0 Å². The molecule has 0 saturated carbocycles.